The fourth-order valence-electron chi connectivity index (χ4n) is 1.28. The zero-order valence-electron chi connectivity index (χ0n) is 12.0. The number of hydrogen-bond donors (Lipinski definition) is 1. The van der Waals surface area contributed by atoms with Crippen molar-refractivity contribution in [3.8, 4) is 0 Å². The summed E-state index contributed by atoms with van der Waals surface area (Å²) in [7, 11) is 1.58. The molecule has 1 aromatic rings. The Morgan fingerprint density at radius 2 is 1.93 bits per heavy atom. The minimum absolute atomic E-state index is 0.353. The van der Waals surface area contributed by atoms with Gasteiger partial charge in [-0.25, -0.2) is 0 Å². The van der Waals surface area contributed by atoms with Crippen LogP contribution in [0.1, 0.15) is 29.6 Å². The van der Waals surface area contributed by atoms with Gasteiger partial charge in [0, 0.05) is 15.7 Å². The molecule has 0 spiro atoms. The average molecular weight is 195 g/mol. The fraction of sp³-hybridized carbons (Fsp3) is 0.500. The standard InChI is InChI=1S/C12H20N2/c1-12(2,14(3)4)11(13)10-8-6-5-7-9-10/h5-9,11H,13H2,1-4H3/i3D3. The van der Waals surface area contributed by atoms with Gasteiger partial charge >= 0.3 is 0 Å². The van der Waals surface area contributed by atoms with Crippen LogP contribution in [0.2, 0.25) is 0 Å². The Balaban J connectivity index is 2.99. The second-order valence-electron chi connectivity index (χ2n) is 4.10. The first-order valence-corrected chi connectivity index (χ1v) is 4.72. The van der Waals surface area contributed by atoms with Crippen LogP contribution in [-0.2, 0) is 0 Å². The van der Waals surface area contributed by atoms with Crippen LogP contribution in [0.15, 0.2) is 30.3 Å². The first kappa shape index (κ1) is 7.43. The summed E-state index contributed by atoms with van der Waals surface area (Å²) < 4.78 is 22.4. The molecule has 0 aliphatic rings. The van der Waals surface area contributed by atoms with Crippen molar-refractivity contribution in [1.29, 1.82) is 0 Å². The first-order chi connectivity index (χ1) is 7.67. The lowest BCUT2D eigenvalue weighted by atomic mass is 9.88. The molecule has 0 saturated carbocycles. The van der Waals surface area contributed by atoms with Gasteiger partial charge in [-0.3, -0.25) is 0 Å². The lowest BCUT2D eigenvalue weighted by Gasteiger charge is -2.38. The van der Waals surface area contributed by atoms with Crippen LogP contribution < -0.4 is 5.73 Å². The molecular weight excluding hydrogens is 172 g/mol. The highest BCUT2D eigenvalue weighted by Crippen LogP contribution is 2.26. The quantitative estimate of drug-likeness (QED) is 0.799. The van der Waals surface area contributed by atoms with Crippen LogP contribution >= 0.6 is 0 Å². The summed E-state index contributed by atoms with van der Waals surface area (Å²) in [5, 5.41) is 0. The lowest BCUT2D eigenvalue weighted by molar-refractivity contribution is 0.159. The van der Waals surface area contributed by atoms with E-state index < -0.39 is 12.5 Å². The molecule has 0 fully saturated rings. The van der Waals surface area contributed by atoms with Crippen molar-refractivity contribution in [2.45, 2.75) is 25.4 Å². The molecule has 0 heterocycles. The minimum atomic E-state index is -2.14. The summed E-state index contributed by atoms with van der Waals surface area (Å²) in [5.41, 5.74) is 6.47. The third kappa shape index (κ3) is 2.14. The van der Waals surface area contributed by atoms with Crippen LogP contribution in [0, 0.1) is 0 Å². The zero-order chi connectivity index (χ0) is 13.3. The molecule has 14 heavy (non-hydrogen) atoms. The predicted molar refractivity (Wildman–Crippen MR) is 61.1 cm³/mol. The number of hydrogen-bond acceptors (Lipinski definition) is 2. The topological polar surface area (TPSA) is 29.3 Å². The number of nitrogens with zero attached hydrogens (tertiary/aromatic N) is 1. The molecule has 0 saturated heterocycles. The van der Waals surface area contributed by atoms with E-state index in [0.29, 0.717) is 0 Å². The van der Waals surface area contributed by atoms with E-state index in [9.17, 15) is 0 Å². The Bertz CT molecular complexity index is 360. The van der Waals surface area contributed by atoms with Gasteiger partial charge in [0.2, 0.25) is 0 Å². The zero-order valence-corrected chi connectivity index (χ0v) is 8.99. The Morgan fingerprint density at radius 1 is 1.36 bits per heavy atom. The van der Waals surface area contributed by atoms with Gasteiger partial charge in [0.1, 0.15) is 0 Å². The number of rotatable bonds is 3. The van der Waals surface area contributed by atoms with Gasteiger partial charge < -0.3 is 10.6 Å². The fourth-order valence-corrected chi connectivity index (χ4v) is 1.28. The van der Waals surface area contributed by atoms with E-state index in [2.05, 4.69) is 0 Å². The normalized spacial score (nSPS) is 18.5. The van der Waals surface area contributed by atoms with Crippen LogP contribution in [0.25, 0.3) is 0 Å². The van der Waals surface area contributed by atoms with Crippen molar-refractivity contribution in [3.63, 3.8) is 0 Å². The summed E-state index contributed by atoms with van der Waals surface area (Å²) in [6.45, 7) is 1.55. The minimum Gasteiger partial charge on any atom is -0.322 e. The van der Waals surface area contributed by atoms with Crippen LogP contribution in [0.3, 0.4) is 0 Å². The number of likely N-dealkylation sites (N-methyl/N-ethyl adjacent to an activating group) is 1. The van der Waals surface area contributed by atoms with E-state index in [1.807, 2.05) is 44.2 Å². The summed E-state index contributed by atoms with van der Waals surface area (Å²) >= 11 is 0. The van der Waals surface area contributed by atoms with Gasteiger partial charge in [-0.1, -0.05) is 30.3 Å². The van der Waals surface area contributed by atoms with Gasteiger partial charge in [-0.2, -0.15) is 0 Å². The molecule has 1 aromatic carbocycles. The molecule has 2 heteroatoms. The van der Waals surface area contributed by atoms with E-state index in [0.717, 1.165) is 5.56 Å². The second kappa shape index (κ2) is 4.11. The molecule has 0 radical (unpaired) electrons. The van der Waals surface area contributed by atoms with Gasteiger partial charge in [-0.15, -0.1) is 0 Å². The van der Waals surface area contributed by atoms with E-state index in [-0.39, 0.29) is 6.04 Å². The van der Waals surface area contributed by atoms with E-state index >= 15 is 0 Å². The Kier molecular flexibility index (Phi) is 2.18. The highest BCUT2D eigenvalue weighted by molar-refractivity contribution is 5.21. The maximum absolute atomic E-state index is 7.45. The molecule has 0 aromatic heterocycles. The van der Waals surface area contributed by atoms with Crippen molar-refractivity contribution in [1.82, 2.24) is 4.90 Å². The number of benzene rings is 1. The molecule has 1 atom stereocenters. The summed E-state index contributed by atoms with van der Waals surface area (Å²) in [5.74, 6) is 0. The molecule has 2 nitrogen and oxygen atoms in total. The first-order valence-electron chi connectivity index (χ1n) is 6.22. The molecule has 0 amide bonds. The molecule has 0 bridgehead atoms. The average Bonchev–Trinajstić information content (AvgIpc) is 2.27. The van der Waals surface area contributed by atoms with Gasteiger partial charge in [0.05, 0.1) is 0 Å². The third-order valence-corrected chi connectivity index (χ3v) is 2.78. The SMILES string of the molecule is [2H]C([2H])([2H])N(C)C(C)(C)C(N)c1ccccc1. The van der Waals surface area contributed by atoms with Crippen molar-refractivity contribution < 1.29 is 4.11 Å². The molecule has 78 valence electrons. The number of nitrogens with two attached hydrogens (primary N) is 1. The highest BCUT2D eigenvalue weighted by Gasteiger charge is 2.29. The maximum atomic E-state index is 7.45. The smallest absolute Gasteiger partial charge is 0.0476 e. The van der Waals surface area contributed by atoms with Crippen molar-refractivity contribution in [2.75, 3.05) is 14.0 Å². The van der Waals surface area contributed by atoms with Crippen molar-refractivity contribution >= 4 is 0 Å². The molecule has 1 unspecified atom stereocenters. The Morgan fingerprint density at radius 3 is 2.43 bits per heavy atom. The summed E-state index contributed by atoms with van der Waals surface area (Å²) in [6.07, 6.45) is 0. The maximum Gasteiger partial charge on any atom is 0.0476 e. The molecule has 0 aliphatic carbocycles. The Labute approximate surface area is 90.9 Å². The van der Waals surface area contributed by atoms with Gasteiger partial charge in [0.15, 0.2) is 0 Å². The van der Waals surface area contributed by atoms with Crippen LogP contribution in [-0.4, -0.2) is 24.5 Å². The Hall–Kier alpha value is -0.860. The van der Waals surface area contributed by atoms with Crippen LogP contribution in [0.4, 0.5) is 0 Å². The summed E-state index contributed by atoms with van der Waals surface area (Å²) in [4.78, 5) is 1.34. The van der Waals surface area contributed by atoms with Gasteiger partial charge in [0.25, 0.3) is 0 Å². The molecular formula is C12H20N2. The lowest BCUT2D eigenvalue weighted by Crippen LogP contribution is -2.47. The van der Waals surface area contributed by atoms with E-state index in [1.54, 1.807) is 7.05 Å². The van der Waals surface area contributed by atoms with E-state index in [4.69, 9.17) is 9.85 Å². The highest BCUT2D eigenvalue weighted by atomic mass is 15.2. The van der Waals surface area contributed by atoms with Crippen molar-refractivity contribution in [2.24, 2.45) is 5.73 Å². The summed E-state index contributed by atoms with van der Waals surface area (Å²) in [6, 6.07) is 9.20. The molecule has 0 aliphatic heterocycles. The molecule has 1 rings (SSSR count). The molecule has 2 N–H and O–H groups in total. The largest absolute Gasteiger partial charge is 0.322 e. The van der Waals surface area contributed by atoms with Crippen LogP contribution in [0.5, 0.6) is 0 Å². The van der Waals surface area contributed by atoms with Gasteiger partial charge in [-0.05, 0) is 33.4 Å². The monoisotopic (exact) mass is 195 g/mol. The second-order valence-corrected chi connectivity index (χ2v) is 4.10. The third-order valence-electron chi connectivity index (χ3n) is 2.78. The van der Waals surface area contributed by atoms with E-state index in [1.165, 1.54) is 4.90 Å². The predicted octanol–water partition coefficient (Wildman–Crippen LogP) is 2.03. The van der Waals surface area contributed by atoms with Crippen molar-refractivity contribution in [3.05, 3.63) is 35.9 Å².